The van der Waals surface area contributed by atoms with Gasteiger partial charge in [-0.1, -0.05) is 23.7 Å². The van der Waals surface area contributed by atoms with Gasteiger partial charge in [-0.2, -0.15) is 17.9 Å². The molecule has 2 aromatic rings. The topological polar surface area (TPSA) is 46.2 Å². The molecular weight excluding hydrogens is 366 g/mol. The molecule has 1 aromatic carbocycles. The standard InChI is InChI=1S/C12H8ClF4NO2S2/c13-9-5-6-10(21-9)22(19,20)18-11(12(15,16)17)7-1-3-8(14)4-2-7/h1-6,11,18H. The van der Waals surface area contributed by atoms with Crippen LogP contribution in [0, 0.1) is 5.82 Å². The molecule has 1 heterocycles. The second-order valence-corrected chi connectivity index (χ2v) is 7.86. The quantitative estimate of drug-likeness (QED) is 0.819. The van der Waals surface area contributed by atoms with E-state index in [2.05, 4.69) is 0 Å². The number of hydrogen-bond acceptors (Lipinski definition) is 3. The molecule has 0 fully saturated rings. The number of halogens is 5. The molecule has 0 aliphatic carbocycles. The highest BCUT2D eigenvalue weighted by molar-refractivity contribution is 7.91. The Morgan fingerprint density at radius 1 is 1.09 bits per heavy atom. The van der Waals surface area contributed by atoms with Crippen molar-refractivity contribution in [3.05, 3.63) is 52.1 Å². The number of rotatable bonds is 4. The van der Waals surface area contributed by atoms with E-state index >= 15 is 0 Å². The lowest BCUT2D eigenvalue weighted by atomic mass is 10.1. The first-order valence-corrected chi connectivity index (χ1v) is 8.37. The lowest BCUT2D eigenvalue weighted by Crippen LogP contribution is -2.37. The summed E-state index contributed by atoms with van der Waals surface area (Å²) in [6, 6.07) is 3.28. The molecule has 0 saturated heterocycles. The van der Waals surface area contributed by atoms with Gasteiger partial charge in [0.15, 0.2) is 0 Å². The van der Waals surface area contributed by atoms with E-state index in [1.54, 1.807) is 4.72 Å². The summed E-state index contributed by atoms with van der Waals surface area (Å²) in [5.41, 5.74) is -0.417. The van der Waals surface area contributed by atoms with Crippen LogP contribution in [-0.4, -0.2) is 14.6 Å². The second-order valence-electron chi connectivity index (χ2n) is 4.21. The summed E-state index contributed by atoms with van der Waals surface area (Å²) in [4.78, 5) is 0. The fraction of sp³-hybridized carbons (Fsp3) is 0.167. The number of benzene rings is 1. The van der Waals surface area contributed by atoms with Gasteiger partial charge in [0, 0.05) is 0 Å². The molecular formula is C12H8ClF4NO2S2. The van der Waals surface area contributed by atoms with E-state index in [1.165, 1.54) is 6.07 Å². The average molecular weight is 374 g/mol. The molecule has 0 aliphatic rings. The van der Waals surface area contributed by atoms with Gasteiger partial charge in [0.2, 0.25) is 0 Å². The lowest BCUT2D eigenvalue weighted by Gasteiger charge is -2.21. The summed E-state index contributed by atoms with van der Waals surface area (Å²) in [5, 5.41) is 0. The maximum absolute atomic E-state index is 13.1. The molecule has 1 unspecified atom stereocenters. The zero-order valence-electron chi connectivity index (χ0n) is 10.6. The summed E-state index contributed by atoms with van der Waals surface area (Å²) >= 11 is 6.22. The van der Waals surface area contributed by atoms with Crippen LogP contribution >= 0.6 is 22.9 Å². The van der Waals surface area contributed by atoms with Gasteiger partial charge in [-0.25, -0.2) is 12.8 Å². The molecule has 3 nitrogen and oxygen atoms in total. The van der Waals surface area contributed by atoms with E-state index in [9.17, 15) is 26.0 Å². The average Bonchev–Trinajstić information content (AvgIpc) is 2.84. The van der Waals surface area contributed by atoms with Gasteiger partial charge < -0.3 is 0 Å². The van der Waals surface area contributed by atoms with E-state index < -0.39 is 33.6 Å². The molecule has 2 rings (SSSR count). The summed E-state index contributed by atoms with van der Waals surface area (Å²) in [7, 11) is -4.41. The van der Waals surface area contributed by atoms with Crippen molar-refractivity contribution in [1.82, 2.24) is 4.72 Å². The molecule has 0 radical (unpaired) electrons. The van der Waals surface area contributed by atoms with Gasteiger partial charge >= 0.3 is 6.18 Å². The third-order valence-electron chi connectivity index (χ3n) is 2.62. The van der Waals surface area contributed by atoms with Crippen LogP contribution in [0.5, 0.6) is 0 Å². The first-order valence-electron chi connectivity index (χ1n) is 5.69. The van der Waals surface area contributed by atoms with Crippen LogP contribution in [-0.2, 0) is 10.0 Å². The highest BCUT2D eigenvalue weighted by Gasteiger charge is 2.43. The maximum atomic E-state index is 13.1. The van der Waals surface area contributed by atoms with Crippen LogP contribution in [0.25, 0.3) is 0 Å². The van der Waals surface area contributed by atoms with Crippen LogP contribution in [0.15, 0.2) is 40.6 Å². The molecule has 1 N–H and O–H groups in total. The van der Waals surface area contributed by atoms with Gasteiger partial charge in [-0.3, -0.25) is 0 Å². The molecule has 0 amide bonds. The highest BCUT2D eigenvalue weighted by Crippen LogP contribution is 2.35. The van der Waals surface area contributed by atoms with Crippen molar-refractivity contribution in [3.8, 4) is 0 Å². The third-order valence-corrected chi connectivity index (χ3v) is 5.76. The predicted molar refractivity (Wildman–Crippen MR) is 74.8 cm³/mol. The minimum absolute atomic E-state index is 0.130. The molecule has 0 aliphatic heterocycles. The summed E-state index contributed by atoms with van der Waals surface area (Å²) < 4.78 is 77.5. The summed E-state index contributed by atoms with van der Waals surface area (Å²) in [6.07, 6.45) is -4.88. The number of nitrogens with one attached hydrogen (secondary N) is 1. The molecule has 1 aromatic heterocycles. The van der Waals surface area contributed by atoms with Crippen molar-refractivity contribution in [2.24, 2.45) is 0 Å². The molecule has 0 saturated carbocycles. The predicted octanol–water partition coefficient (Wildman–Crippen LogP) is 4.12. The Hall–Kier alpha value is -1.16. The minimum atomic E-state index is -4.88. The molecule has 0 spiro atoms. The Kier molecular flexibility index (Phi) is 4.81. The van der Waals surface area contributed by atoms with E-state index in [0.717, 1.165) is 30.3 Å². The second kappa shape index (κ2) is 6.15. The Morgan fingerprint density at radius 2 is 1.68 bits per heavy atom. The van der Waals surface area contributed by atoms with Gasteiger partial charge in [0.05, 0.1) is 4.34 Å². The van der Waals surface area contributed by atoms with Gasteiger partial charge in [-0.05, 0) is 29.8 Å². The van der Waals surface area contributed by atoms with Crippen LogP contribution < -0.4 is 4.72 Å². The van der Waals surface area contributed by atoms with E-state index in [4.69, 9.17) is 11.6 Å². The number of thiophene rings is 1. The SMILES string of the molecule is O=S(=O)(NC(c1ccc(F)cc1)C(F)(F)F)c1ccc(Cl)s1. The fourth-order valence-corrected chi connectivity index (χ4v) is 4.34. The van der Waals surface area contributed by atoms with Crippen LogP contribution in [0.2, 0.25) is 4.34 Å². The highest BCUT2D eigenvalue weighted by atomic mass is 35.5. The van der Waals surface area contributed by atoms with Crippen molar-refractivity contribution < 1.29 is 26.0 Å². The Morgan fingerprint density at radius 3 is 2.14 bits per heavy atom. The smallest absolute Gasteiger partial charge is 0.207 e. The Labute approximate surface area is 132 Å². The van der Waals surface area contributed by atoms with Crippen molar-refractivity contribution >= 4 is 33.0 Å². The van der Waals surface area contributed by atoms with Crippen molar-refractivity contribution in [2.45, 2.75) is 16.4 Å². The van der Waals surface area contributed by atoms with Gasteiger partial charge in [0.25, 0.3) is 10.0 Å². The van der Waals surface area contributed by atoms with Crippen LogP contribution in [0.4, 0.5) is 17.6 Å². The minimum Gasteiger partial charge on any atom is -0.207 e. The summed E-state index contributed by atoms with van der Waals surface area (Å²) in [6.45, 7) is 0. The number of hydrogen-bond donors (Lipinski definition) is 1. The molecule has 22 heavy (non-hydrogen) atoms. The van der Waals surface area contributed by atoms with Gasteiger partial charge in [-0.15, -0.1) is 11.3 Å². The Balaban J connectivity index is 2.37. The fourth-order valence-electron chi connectivity index (χ4n) is 1.63. The van der Waals surface area contributed by atoms with Crippen molar-refractivity contribution in [3.63, 3.8) is 0 Å². The molecule has 120 valence electrons. The molecule has 0 bridgehead atoms. The first kappa shape index (κ1) is 17.2. The zero-order chi connectivity index (χ0) is 16.5. The number of sulfonamides is 1. The first-order chi connectivity index (χ1) is 10.1. The molecule has 10 heteroatoms. The van der Waals surface area contributed by atoms with E-state index in [1.807, 2.05) is 0 Å². The number of alkyl halides is 3. The Bertz CT molecular complexity index is 756. The monoisotopic (exact) mass is 373 g/mol. The third kappa shape index (κ3) is 3.97. The largest absolute Gasteiger partial charge is 0.408 e. The van der Waals surface area contributed by atoms with Crippen LogP contribution in [0.3, 0.4) is 0 Å². The van der Waals surface area contributed by atoms with Crippen LogP contribution in [0.1, 0.15) is 11.6 Å². The van der Waals surface area contributed by atoms with Gasteiger partial charge in [0.1, 0.15) is 16.1 Å². The normalized spacial score (nSPS) is 14.0. The molecule has 1 atom stereocenters. The van der Waals surface area contributed by atoms with Crippen molar-refractivity contribution in [2.75, 3.05) is 0 Å². The van der Waals surface area contributed by atoms with E-state index in [-0.39, 0.29) is 8.55 Å². The lowest BCUT2D eigenvalue weighted by molar-refractivity contribution is -0.153. The van der Waals surface area contributed by atoms with E-state index in [0.29, 0.717) is 11.3 Å². The van der Waals surface area contributed by atoms with Crippen molar-refractivity contribution in [1.29, 1.82) is 0 Å². The zero-order valence-corrected chi connectivity index (χ0v) is 13.0. The maximum Gasteiger partial charge on any atom is 0.408 e. The summed E-state index contributed by atoms with van der Waals surface area (Å²) in [5.74, 6) is -0.724.